The van der Waals surface area contributed by atoms with E-state index >= 15 is 0 Å². The van der Waals surface area contributed by atoms with E-state index in [1.54, 1.807) is 0 Å². The summed E-state index contributed by atoms with van der Waals surface area (Å²) in [4.78, 5) is 2.69. The van der Waals surface area contributed by atoms with Crippen LogP contribution in [0.4, 0.5) is 0 Å². The minimum Gasteiger partial charge on any atom is -0.328 e. The summed E-state index contributed by atoms with van der Waals surface area (Å²) in [6.07, 6.45) is 4.90. The lowest BCUT2D eigenvalue weighted by Crippen LogP contribution is -2.42. The molecule has 1 aromatic rings. The van der Waals surface area contributed by atoms with Crippen LogP contribution in [0.5, 0.6) is 0 Å². The van der Waals surface area contributed by atoms with E-state index < -0.39 is 0 Å². The van der Waals surface area contributed by atoms with Crippen molar-refractivity contribution in [2.75, 3.05) is 6.54 Å². The summed E-state index contributed by atoms with van der Waals surface area (Å²) in [6.45, 7) is 9.08. The quantitative estimate of drug-likeness (QED) is 0.886. The Labute approximate surface area is 124 Å². The largest absolute Gasteiger partial charge is 0.328 e. The van der Waals surface area contributed by atoms with Gasteiger partial charge in [-0.25, -0.2) is 0 Å². The average Bonchev–Trinajstić information content (AvgIpc) is 2.38. The van der Waals surface area contributed by atoms with Crippen LogP contribution < -0.4 is 5.73 Å². The molecule has 0 unspecified atom stereocenters. The fourth-order valence-corrected chi connectivity index (χ4v) is 3.32. The van der Waals surface area contributed by atoms with Gasteiger partial charge in [-0.2, -0.15) is 0 Å². The fraction of sp³-hybridized carbons (Fsp3) is 0.667. The summed E-state index contributed by atoms with van der Waals surface area (Å²) >= 11 is 0. The fourth-order valence-electron chi connectivity index (χ4n) is 3.32. The van der Waals surface area contributed by atoms with Crippen LogP contribution in [0.15, 0.2) is 24.3 Å². The van der Waals surface area contributed by atoms with Crippen molar-refractivity contribution in [1.29, 1.82) is 0 Å². The minimum atomic E-state index is 0.436. The summed E-state index contributed by atoms with van der Waals surface area (Å²) in [5, 5.41) is 0. The van der Waals surface area contributed by atoms with E-state index in [1.807, 2.05) is 0 Å². The first kappa shape index (κ1) is 15.5. The summed E-state index contributed by atoms with van der Waals surface area (Å²) in [5.74, 6) is 0.718. The van der Waals surface area contributed by atoms with Crippen LogP contribution in [0.25, 0.3) is 0 Å². The third-order valence-corrected chi connectivity index (χ3v) is 4.33. The Balaban J connectivity index is 2.03. The molecule has 0 radical (unpaired) electrons. The normalized spacial score (nSPS) is 23.5. The van der Waals surface area contributed by atoms with Gasteiger partial charge in [0.25, 0.3) is 0 Å². The van der Waals surface area contributed by atoms with Gasteiger partial charge >= 0.3 is 0 Å². The zero-order chi connectivity index (χ0) is 14.5. The molecule has 1 fully saturated rings. The Hall–Kier alpha value is -0.860. The molecular weight excluding hydrogens is 244 g/mol. The molecule has 20 heavy (non-hydrogen) atoms. The maximum atomic E-state index is 6.05. The van der Waals surface area contributed by atoms with Crippen molar-refractivity contribution in [3.8, 4) is 0 Å². The van der Waals surface area contributed by atoms with Gasteiger partial charge in [-0.15, -0.1) is 0 Å². The maximum absolute atomic E-state index is 6.05. The van der Waals surface area contributed by atoms with Gasteiger partial charge in [0.05, 0.1) is 0 Å². The lowest BCUT2D eigenvalue weighted by molar-refractivity contribution is 0.127. The minimum absolute atomic E-state index is 0.436. The Kier molecular flexibility index (Phi) is 5.62. The summed E-state index contributed by atoms with van der Waals surface area (Å²) in [6, 6.07) is 10.1. The number of nitrogens with two attached hydrogens (primary N) is 1. The van der Waals surface area contributed by atoms with E-state index in [2.05, 4.69) is 49.9 Å². The molecule has 0 atom stereocenters. The van der Waals surface area contributed by atoms with E-state index in [4.69, 9.17) is 5.73 Å². The van der Waals surface area contributed by atoms with Crippen LogP contribution in [0, 0.1) is 12.8 Å². The molecule has 0 bridgehead atoms. The second-order valence-corrected chi connectivity index (χ2v) is 6.88. The van der Waals surface area contributed by atoms with Gasteiger partial charge in [-0.1, -0.05) is 43.7 Å². The van der Waals surface area contributed by atoms with Gasteiger partial charge in [0.1, 0.15) is 0 Å². The van der Waals surface area contributed by atoms with Gasteiger partial charge in [0.2, 0.25) is 0 Å². The molecule has 1 saturated carbocycles. The molecule has 1 aromatic carbocycles. The molecular formula is C18H30N2. The van der Waals surface area contributed by atoms with Crippen LogP contribution in [0.1, 0.15) is 50.7 Å². The molecule has 2 heteroatoms. The van der Waals surface area contributed by atoms with Crippen molar-refractivity contribution in [3.63, 3.8) is 0 Å². The lowest BCUT2D eigenvalue weighted by Gasteiger charge is -2.37. The molecule has 0 aromatic heterocycles. The molecule has 2 N–H and O–H groups in total. The summed E-state index contributed by atoms with van der Waals surface area (Å²) < 4.78 is 0. The van der Waals surface area contributed by atoms with Crippen LogP contribution in [0.3, 0.4) is 0 Å². The van der Waals surface area contributed by atoms with Crippen LogP contribution >= 0.6 is 0 Å². The molecule has 0 aliphatic heterocycles. The second kappa shape index (κ2) is 7.24. The third-order valence-electron chi connectivity index (χ3n) is 4.33. The van der Waals surface area contributed by atoms with Crippen molar-refractivity contribution in [2.24, 2.45) is 11.7 Å². The first-order valence-corrected chi connectivity index (χ1v) is 8.09. The molecule has 2 rings (SSSR count). The number of aryl methyl sites for hydroxylation is 1. The number of benzene rings is 1. The smallest absolute Gasteiger partial charge is 0.0236 e. The van der Waals surface area contributed by atoms with Gasteiger partial charge in [-0.3, -0.25) is 4.90 Å². The highest BCUT2D eigenvalue weighted by molar-refractivity contribution is 5.22. The number of hydrogen-bond acceptors (Lipinski definition) is 2. The van der Waals surface area contributed by atoms with Crippen molar-refractivity contribution < 1.29 is 0 Å². The maximum Gasteiger partial charge on any atom is 0.0236 e. The molecule has 1 aliphatic rings. The molecule has 0 heterocycles. The Bertz CT molecular complexity index is 406. The van der Waals surface area contributed by atoms with Crippen molar-refractivity contribution in [1.82, 2.24) is 4.90 Å². The van der Waals surface area contributed by atoms with E-state index in [9.17, 15) is 0 Å². The van der Waals surface area contributed by atoms with E-state index in [0.717, 1.165) is 18.5 Å². The van der Waals surface area contributed by atoms with E-state index in [0.29, 0.717) is 6.04 Å². The average molecular weight is 274 g/mol. The lowest BCUT2D eigenvalue weighted by atomic mass is 9.90. The zero-order valence-electron chi connectivity index (χ0n) is 13.3. The first-order valence-electron chi connectivity index (χ1n) is 8.09. The first-order chi connectivity index (χ1) is 9.54. The van der Waals surface area contributed by atoms with E-state index in [1.165, 1.54) is 43.4 Å². The monoisotopic (exact) mass is 274 g/mol. The van der Waals surface area contributed by atoms with Crippen LogP contribution in [0.2, 0.25) is 0 Å². The Morgan fingerprint density at radius 1 is 1.20 bits per heavy atom. The number of nitrogens with zero attached hydrogens (tertiary/aromatic N) is 1. The molecule has 0 amide bonds. The van der Waals surface area contributed by atoms with E-state index in [-0.39, 0.29) is 0 Å². The Morgan fingerprint density at radius 2 is 1.90 bits per heavy atom. The standard InChI is InChI=1S/C18H30N2/c1-14(2)12-20(18-9-7-17(19)8-10-18)13-16-6-4-5-15(3)11-16/h4-6,11,14,17-18H,7-10,12-13,19H2,1-3H3. The predicted molar refractivity (Wildman–Crippen MR) is 86.7 cm³/mol. The highest BCUT2D eigenvalue weighted by Gasteiger charge is 2.24. The number of hydrogen-bond donors (Lipinski definition) is 1. The summed E-state index contributed by atoms with van der Waals surface area (Å²) in [7, 11) is 0. The van der Waals surface area contributed by atoms with Crippen molar-refractivity contribution >= 4 is 0 Å². The molecule has 112 valence electrons. The number of rotatable bonds is 5. The molecule has 0 spiro atoms. The van der Waals surface area contributed by atoms with Crippen LogP contribution in [-0.2, 0) is 6.54 Å². The molecule has 0 saturated heterocycles. The molecule has 2 nitrogen and oxygen atoms in total. The van der Waals surface area contributed by atoms with Gasteiger partial charge in [0.15, 0.2) is 0 Å². The predicted octanol–water partition coefficient (Wildman–Crippen LogP) is 3.72. The van der Waals surface area contributed by atoms with Gasteiger partial charge in [0, 0.05) is 25.2 Å². The van der Waals surface area contributed by atoms with Crippen LogP contribution in [-0.4, -0.2) is 23.5 Å². The highest BCUT2D eigenvalue weighted by Crippen LogP contribution is 2.24. The summed E-state index contributed by atoms with van der Waals surface area (Å²) in [5.41, 5.74) is 8.86. The van der Waals surface area contributed by atoms with Gasteiger partial charge in [-0.05, 0) is 44.1 Å². The Morgan fingerprint density at radius 3 is 2.50 bits per heavy atom. The topological polar surface area (TPSA) is 29.3 Å². The molecule has 1 aliphatic carbocycles. The highest BCUT2D eigenvalue weighted by atomic mass is 15.2. The zero-order valence-corrected chi connectivity index (χ0v) is 13.3. The SMILES string of the molecule is Cc1cccc(CN(CC(C)C)C2CCC(N)CC2)c1. The second-order valence-electron chi connectivity index (χ2n) is 6.88. The van der Waals surface area contributed by atoms with Crippen molar-refractivity contribution in [3.05, 3.63) is 35.4 Å². The van der Waals surface area contributed by atoms with Crippen molar-refractivity contribution in [2.45, 2.75) is 65.1 Å². The third kappa shape index (κ3) is 4.60. The van der Waals surface area contributed by atoms with Gasteiger partial charge < -0.3 is 5.73 Å².